The molecule has 0 bridgehead atoms. The van der Waals surface area contributed by atoms with Crippen molar-refractivity contribution in [3.63, 3.8) is 0 Å². The summed E-state index contributed by atoms with van der Waals surface area (Å²) in [6, 6.07) is 1.97. The van der Waals surface area contributed by atoms with Gasteiger partial charge in [0.25, 0.3) is 0 Å². The minimum Gasteiger partial charge on any atom is -0.240 e. The highest BCUT2D eigenvalue weighted by atomic mass is 127. The highest BCUT2D eigenvalue weighted by Crippen LogP contribution is 2.09. The second-order valence-corrected chi connectivity index (χ2v) is 3.69. The van der Waals surface area contributed by atoms with Gasteiger partial charge in [-0.05, 0) is 22.6 Å². The van der Waals surface area contributed by atoms with Gasteiger partial charge in [0, 0.05) is 18.6 Å². The van der Waals surface area contributed by atoms with Gasteiger partial charge in [0.05, 0.1) is 9.77 Å². The minimum absolute atomic E-state index is 0.270. The molecule has 5 nitrogen and oxygen atoms in total. The van der Waals surface area contributed by atoms with Crippen LogP contribution in [-0.4, -0.2) is 19.7 Å². The van der Waals surface area contributed by atoms with Crippen molar-refractivity contribution in [2.24, 2.45) is 0 Å². The fourth-order valence-electron chi connectivity index (χ4n) is 0.994. The zero-order chi connectivity index (χ0) is 9.97. The molecule has 0 aliphatic rings. The lowest BCUT2D eigenvalue weighted by Gasteiger charge is -1.99. The molecule has 2 heterocycles. The summed E-state index contributed by atoms with van der Waals surface area (Å²) >= 11 is 2.14. The van der Waals surface area contributed by atoms with Gasteiger partial charge in [0.2, 0.25) is 0 Å². The third kappa shape index (κ3) is 1.58. The van der Waals surface area contributed by atoms with E-state index in [1.807, 2.05) is 6.07 Å². The molecule has 0 fully saturated rings. The van der Waals surface area contributed by atoms with Crippen LogP contribution in [0.15, 0.2) is 24.8 Å². The van der Waals surface area contributed by atoms with Crippen LogP contribution in [0.1, 0.15) is 5.69 Å². The quantitative estimate of drug-likeness (QED) is 0.740. The molecule has 0 N–H and O–H groups in total. The second-order valence-electron chi connectivity index (χ2n) is 2.44. The van der Waals surface area contributed by atoms with Gasteiger partial charge in [0.1, 0.15) is 6.07 Å². The Bertz CT molecular complexity index is 498. The molecule has 0 aliphatic heterocycles. The first-order valence-corrected chi connectivity index (χ1v) is 4.81. The Kier molecular flexibility index (Phi) is 2.41. The number of nitrogens with zero attached hydrogens (tertiary/aromatic N) is 5. The van der Waals surface area contributed by atoms with Crippen molar-refractivity contribution < 1.29 is 0 Å². The molecule has 0 unspecified atom stereocenters. The van der Waals surface area contributed by atoms with Crippen molar-refractivity contribution >= 4 is 22.6 Å². The zero-order valence-electron chi connectivity index (χ0n) is 6.92. The van der Waals surface area contributed by atoms with Gasteiger partial charge in [-0.2, -0.15) is 10.4 Å². The fourth-order valence-corrected chi connectivity index (χ4v) is 1.38. The van der Waals surface area contributed by atoms with E-state index in [-0.39, 0.29) is 5.69 Å². The van der Waals surface area contributed by atoms with E-state index >= 15 is 0 Å². The highest BCUT2D eigenvalue weighted by Gasteiger charge is 2.06. The van der Waals surface area contributed by atoms with Crippen LogP contribution >= 0.6 is 22.6 Å². The van der Waals surface area contributed by atoms with E-state index < -0.39 is 0 Å². The SMILES string of the molecule is N#Cc1nccnc1-n1cc(I)cn1. The van der Waals surface area contributed by atoms with Crippen LogP contribution in [0.2, 0.25) is 0 Å². The van der Waals surface area contributed by atoms with Crippen LogP contribution in [-0.2, 0) is 0 Å². The van der Waals surface area contributed by atoms with Gasteiger partial charge in [-0.25, -0.2) is 14.6 Å². The Labute approximate surface area is 93.6 Å². The molecule has 0 radical (unpaired) electrons. The summed E-state index contributed by atoms with van der Waals surface area (Å²) < 4.78 is 2.52. The van der Waals surface area contributed by atoms with Crippen molar-refractivity contribution in [1.82, 2.24) is 19.7 Å². The number of aromatic nitrogens is 4. The number of rotatable bonds is 1. The zero-order valence-corrected chi connectivity index (χ0v) is 9.08. The number of hydrogen-bond donors (Lipinski definition) is 0. The van der Waals surface area contributed by atoms with E-state index in [0.717, 1.165) is 3.57 Å². The highest BCUT2D eigenvalue weighted by molar-refractivity contribution is 14.1. The third-order valence-corrected chi connectivity index (χ3v) is 2.11. The average molecular weight is 297 g/mol. The molecule has 0 aliphatic carbocycles. The van der Waals surface area contributed by atoms with Crippen molar-refractivity contribution in [1.29, 1.82) is 5.26 Å². The first kappa shape index (κ1) is 9.08. The van der Waals surface area contributed by atoms with Crippen molar-refractivity contribution in [3.05, 3.63) is 34.1 Å². The van der Waals surface area contributed by atoms with Crippen molar-refractivity contribution in [2.75, 3.05) is 0 Å². The number of nitriles is 1. The minimum atomic E-state index is 0.270. The lowest BCUT2D eigenvalue weighted by Crippen LogP contribution is -2.02. The largest absolute Gasteiger partial charge is 0.240 e. The van der Waals surface area contributed by atoms with Gasteiger partial charge < -0.3 is 0 Å². The lowest BCUT2D eigenvalue weighted by molar-refractivity contribution is 0.832. The van der Waals surface area contributed by atoms with Crippen molar-refractivity contribution in [2.45, 2.75) is 0 Å². The Morgan fingerprint density at radius 1 is 1.36 bits per heavy atom. The predicted octanol–water partition coefficient (Wildman–Crippen LogP) is 1.14. The van der Waals surface area contributed by atoms with E-state index in [4.69, 9.17) is 5.26 Å². The molecule has 2 aromatic rings. The number of hydrogen-bond acceptors (Lipinski definition) is 4. The fraction of sp³-hybridized carbons (Fsp3) is 0. The first-order valence-electron chi connectivity index (χ1n) is 3.73. The lowest BCUT2D eigenvalue weighted by atomic mass is 10.4. The summed E-state index contributed by atoms with van der Waals surface area (Å²) in [5, 5.41) is 12.8. The number of halogens is 1. The molecule has 68 valence electrons. The smallest absolute Gasteiger partial charge is 0.190 e. The van der Waals surface area contributed by atoms with Crippen LogP contribution in [0, 0.1) is 14.9 Å². The maximum atomic E-state index is 8.79. The monoisotopic (exact) mass is 297 g/mol. The average Bonchev–Trinajstić information content (AvgIpc) is 2.65. The summed E-state index contributed by atoms with van der Waals surface area (Å²) in [7, 11) is 0. The Hall–Kier alpha value is -1.49. The van der Waals surface area contributed by atoms with E-state index in [9.17, 15) is 0 Å². The molecule has 2 rings (SSSR count). The summed E-state index contributed by atoms with van der Waals surface area (Å²) in [6.07, 6.45) is 6.49. The Morgan fingerprint density at radius 3 is 2.79 bits per heavy atom. The second kappa shape index (κ2) is 3.71. The van der Waals surface area contributed by atoms with E-state index in [2.05, 4.69) is 37.7 Å². The summed E-state index contributed by atoms with van der Waals surface area (Å²) in [5.41, 5.74) is 0.270. The summed E-state index contributed by atoms with van der Waals surface area (Å²) in [4.78, 5) is 7.94. The van der Waals surface area contributed by atoms with Crippen LogP contribution in [0.4, 0.5) is 0 Å². The van der Waals surface area contributed by atoms with E-state index in [0.29, 0.717) is 5.82 Å². The molecule has 2 aromatic heterocycles. The van der Waals surface area contributed by atoms with Crippen LogP contribution in [0.5, 0.6) is 0 Å². The maximum Gasteiger partial charge on any atom is 0.190 e. The van der Waals surface area contributed by atoms with Gasteiger partial charge in [-0.1, -0.05) is 0 Å². The Balaban J connectivity index is 2.57. The van der Waals surface area contributed by atoms with Gasteiger partial charge in [-0.3, -0.25) is 0 Å². The molecule has 0 atom stereocenters. The molecule has 6 heteroatoms. The predicted molar refractivity (Wildman–Crippen MR) is 56.6 cm³/mol. The van der Waals surface area contributed by atoms with Crippen LogP contribution in [0.25, 0.3) is 5.82 Å². The van der Waals surface area contributed by atoms with E-state index in [1.165, 1.54) is 17.1 Å². The molecule has 0 saturated heterocycles. The molecule has 0 spiro atoms. The van der Waals surface area contributed by atoms with E-state index in [1.54, 1.807) is 12.4 Å². The Morgan fingerprint density at radius 2 is 2.14 bits per heavy atom. The standard InChI is InChI=1S/C8H4IN5/c9-6-4-13-14(5-6)8-7(3-10)11-1-2-12-8/h1-2,4-5H. The van der Waals surface area contributed by atoms with Gasteiger partial charge >= 0.3 is 0 Å². The summed E-state index contributed by atoms with van der Waals surface area (Å²) in [6.45, 7) is 0. The van der Waals surface area contributed by atoms with Gasteiger partial charge in [-0.15, -0.1) is 0 Å². The van der Waals surface area contributed by atoms with Crippen LogP contribution < -0.4 is 0 Å². The third-order valence-electron chi connectivity index (χ3n) is 1.55. The topological polar surface area (TPSA) is 67.4 Å². The molecule has 0 aromatic carbocycles. The summed E-state index contributed by atoms with van der Waals surface area (Å²) in [5.74, 6) is 0.456. The van der Waals surface area contributed by atoms with Gasteiger partial charge in [0.15, 0.2) is 11.5 Å². The van der Waals surface area contributed by atoms with Crippen molar-refractivity contribution in [3.8, 4) is 11.9 Å². The normalized spacial score (nSPS) is 9.71. The first-order chi connectivity index (χ1) is 6.81. The van der Waals surface area contributed by atoms with Crippen LogP contribution in [0.3, 0.4) is 0 Å². The molecule has 0 saturated carbocycles. The molecule has 14 heavy (non-hydrogen) atoms. The molecule has 0 amide bonds. The molecular weight excluding hydrogens is 293 g/mol. The molecular formula is C8H4IN5. The maximum absolute atomic E-state index is 8.79.